The Bertz CT molecular complexity index is 2130. The second-order valence-corrected chi connectivity index (χ2v) is 12.1. The van der Waals surface area contributed by atoms with Crippen molar-refractivity contribution in [1.82, 2.24) is 0 Å². The fourth-order valence-electron chi connectivity index (χ4n) is 5.57. The molecular weight excluding hydrogens is 639 g/mol. The zero-order valence-electron chi connectivity index (χ0n) is 25.4. The van der Waals surface area contributed by atoms with E-state index in [-0.39, 0.29) is 24.2 Å². The maximum absolute atomic E-state index is 13.1. The molecule has 0 amide bonds. The lowest BCUT2D eigenvalue weighted by molar-refractivity contribution is 0.0994. The zero-order valence-corrected chi connectivity index (χ0v) is 26.9. The molecule has 0 aliphatic carbocycles. The van der Waals surface area contributed by atoms with Crippen LogP contribution in [-0.2, 0) is 6.42 Å². The Morgan fingerprint density at radius 3 is 1.36 bits per heavy atom. The molecule has 0 spiro atoms. The zero-order chi connectivity index (χ0) is 33.2. The molecule has 2 heterocycles. The average Bonchev–Trinajstić information content (AvgIpc) is 3.05. The quantitative estimate of drug-likeness (QED) is 0.111. The van der Waals surface area contributed by atoms with Crippen LogP contribution in [0.2, 0.25) is 10.0 Å². The number of carbonyl (C=O) groups is 2. The molecule has 47 heavy (non-hydrogen) atoms. The molecule has 2 N–H and O–H groups in total. The number of fused-ring (bicyclic) bond motifs is 2. The molecule has 8 nitrogen and oxygen atoms in total. The molecule has 0 radical (unpaired) electrons. The van der Waals surface area contributed by atoms with Crippen LogP contribution < -0.4 is 21.9 Å². The highest BCUT2D eigenvalue weighted by Crippen LogP contribution is 2.26. The summed E-state index contributed by atoms with van der Waals surface area (Å²) in [7, 11) is 0. The normalized spacial score (nSPS) is 11.1. The van der Waals surface area contributed by atoms with Crippen LogP contribution in [0.4, 0.5) is 11.4 Å². The van der Waals surface area contributed by atoms with E-state index in [0.29, 0.717) is 60.9 Å². The van der Waals surface area contributed by atoms with Gasteiger partial charge in [-0.1, -0.05) is 35.3 Å². The van der Waals surface area contributed by atoms with Crippen LogP contribution >= 0.6 is 23.2 Å². The topological polar surface area (TPSA) is 119 Å². The van der Waals surface area contributed by atoms with Crippen molar-refractivity contribution >= 4 is 68.1 Å². The van der Waals surface area contributed by atoms with Crippen LogP contribution in [0.15, 0.2) is 103 Å². The van der Waals surface area contributed by atoms with Gasteiger partial charge >= 0.3 is 11.3 Å². The van der Waals surface area contributed by atoms with E-state index in [4.69, 9.17) is 32.0 Å². The minimum atomic E-state index is -0.689. The number of anilines is 2. The molecule has 10 heteroatoms. The smallest absolute Gasteiger partial charge is 0.347 e. The summed E-state index contributed by atoms with van der Waals surface area (Å²) in [6.07, 6.45) is 0.492. The number of nitrogens with one attached hydrogen (secondary N) is 2. The van der Waals surface area contributed by atoms with Gasteiger partial charge in [0.1, 0.15) is 22.3 Å². The number of benzene rings is 4. The summed E-state index contributed by atoms with van der Waals surface area (Å²) >= 11 is 11.9. The molecule has 2 aromatic heterocycles. The van der Waals surface area contributed by atoms with Gasteiger partial charge in [-0.3, -0.25) is 9.59 Å². The van der Waals surface area contributed by atoms with E-state index in [2.05, 4.69) is 10.6 Å². The lowest BCUT2D eigenvalue weighted by Gasteiger charge is -2.11. The average molecular weight is 668 g/mol. The lowest BCUT2D eigenvalue weighted by Crippen LogP contribution is -2.23. The molecule has 0 fully saturated rings. The Balaban J connectivity index is 1.25. The first-order chi connectivity index (χ1) is 22.6. The van der Waals surface area contributed by atoms with E-state index in [0.717, 1.165) is 11.1 Å². The first-order valence-corrected chi connectivity index (χ1v) is 15.5. The summed E-state index contributed by atoms with van der Waals surface area (Å²) in [5.74, 6) is -0.780. The largest absolute Gasteiger partial charge is 0.422 e. The molecule has 0 unspecified atom stereocenters. The van der Waals surface area contributed by atoms with Crippen molar-refractivity contribution in [1.29, 1.82) is 0 Å². The third kappa shape index (κ3) is 6.84. The van der Waals surface area contributed by atoms with Gasteiger partial charge in [-0.15, -0.1) is 0 Å². The highest BCUT2D eigenvalue weighted by atomic mass is 35.5. The van der Waals surface area contributed by atoms with Gasteiger partial charge in [0.15, 0.2) is 11.6 Å². The fraction of sp³-hybridized carbons (Fsp3) is 0.135. The Hall–Kier alpha value is -5.18. The summed E-state index contributed by atoms with van der Waals surface area (Å²) in [5.41, 5.74) is 3.65. The minimum Gasteiger partial charge on any atom is -0.422 e. The van der Waals surface area contributed by atoms with Gasteiger partial charge in [-0.2, -0.15) is 0 Å². The van der Waals surface area contributed by atoms with Gasteiger partial charge in [-0.05, 0) is 115 Å². The first kappa shape index (κ1) is 31.8. The maximum atomic E-state index is 13.1. The van der Waals surface area contributed by atoms with Crippen LogP contribution in [0, 0.1) is 13.8 Å². The number of aryl methyl sites for hydroxylation is 2. The van der Waals surface area contributed by atoms with Crippen molar-refractivity contribution < 1.29 is 18.4 Å². The summed E-state index contributed by atoms with van der Waals surface area (Å²) in [5, 5.41) is 8.50. The van der Waals surface area contributed by atoms with E-state index < -0.39 is 22.8 Å². The maximum Gasteiger partial charge on any atom is 0.347 e. The van der Waals surface area contributed by atoms with Crippen molar-refractivity contribution in [3.05, 3.63) is 149 Å². The molecule has 4 aromatic carbocycles. The number of Topliss-reactive ketones (excluding diaryl/α,β-unsaturated/α-hetero) is 2. The molecule has 0 saturated carbocycles. The number of rotatable bonds is 10. The molecular formula is C37H28Cl2N2O6. The Labute approximate surface area is 278 Å². The van der Waals surface area contributed by atoms with E-state index in [1.165, 1.54) is 0 Å². The molecule has 0 saturated heterocycles. The molecule has 236 valence electrons. The van der Waals surface area contributed by atoms with Gasteiger partial charge in [0.2, 0.25) is 0 Å². The molecule has 0 atom stereocenters. The second-order valence-electron chi connectivity index (χ2n) is 11.2. The SMILES string of the molecule is Cc1c(C(=O)CNc2ccc(Cl)cc2)c(=O)oc2ccc(Cc3ccc4oc(=O)c(C(=O)CNc5ccc(Cl)cc5)c(C)c4c3)cc12. The van der Waals surface area contributed by atoms with E-state index in [1.54, 1.807) is 74.5 Å². The Kier molecular flexibility index (Phi) is 8.98. The van der Waals surface area contributed by atoms with Crippen LogP contribution in [0.1, 0.15) is 43.0 Å². The number of hydrogen-bond acceptors (Lipinski definition) is 8. The van der Waals surface area contributed by atoms with Gasteiger partial charge in [0.05, 0.1) is 13.1 Å². The highest BCUT2D eigenvalue weighted by molar-refractivity contribution is 6.31. The monoisotopic (exact) mass is 666 g/mol. The predicted octanol–water partition coefficient (Wildman–Crippen LogP) is 8.00. The van der Waals surface area contributed by atoms with E-state index >= 15 is 0 Å². The highest BCUT2D eigenvalue weighted by Gasteiger charge is 2.20. The van der Waals surface area contributed by atoms with Crippen molar-refractivity contribution in [2.45, 2.75) is 20.3 Å². The molecule has 6 aromatic rings. The molecule has 0 aliphatic rings. The second kappa shape index (κ2) is 13.3. The Morgan fingerprint density at radius 2 is 0.979 bits per heavy atom. The number of ketones is 2. The molecule has 0 aliphatic heterocycles. The summed E-state index contributed by atoms with van der Waals surface area (Å²) < 4.78 is 11.1. The fourth-order valence-corrected chi connectivity index (χ4v) is 5.83. The molecule has 6 rings (SSSR count). The van der Waals surface area contributed by atoms with Crippen LogP contribution in [0.5, 0.6) is 0 Å². The van der Waals surface area contributed by atoms with Gasteiger partial charge in [0, 0.05) is 32.2 Å². The first-order valence-electron chi connectivity index (χ1n) is 14.8. The Morgan fingerprint density at radius 1 is 0.596 bits per heavy atom. The van der Waals surface area contributed by atoms with Crippen LogP contribution in [0.3, 0.4) is 0 Å². The van der Waals surface area contributed by atoms with Crippen molar-refractivity contribution in [2.75, 3.05) is 23.7 Å². The van der Waals surface area contributed by atoms with Gasteiger partial charge in [0.25, 0.3) is 0 Å². The standard InChI is InChI=1S/C37H28Cl2N2O6/c1-20-28-16-22(3-13-32(28)46-36(44)34(20)30(42)18-40-26-9-5-24(38)6-10-26)15-23-4-14-33-29(17-23)21(2)35(37(45)47-33)31(43)19-41-27-11-7-25(39)8-12-27/h3-14,16-17,40-41H,15,18-19H2,1-2H3. The van der Waals surface area contributed by atoms with Crippen LogP contribution in [-0.4, -0.2) is 24.7 Å². The van der Waals surface area contributed by atoms with E-state index in [1.807, 2.05) is 24.3 Å². The third-order valence-corrected chi connectivity index (χ3v) is 8.52. The summed E-state index contributed by atoms with van der Waals surface area (Å²) in [4.78, 5) is 51.9. The summed E-state index contributed by atoms with van der Waals surface area (Å²) in [6, 6.07) is 24.8. The van der Waals surface area contributed by atoms with Gasteiger partial charge < -0.3 is 19.5 Å². The molecule has 0 bridgehead atoms. The van der Waals surface area contributed by atoms with Crippen LogP contribution in [0.25, 0.3) is 21.9 Å². The number of halogens is 2. The third-order valence-electron chi connectivity index (χ3n) is 8.02. The number of hydrogen-bond donors (Lipinski definition) is 2. The van der Waals surface area contributed by atoms with Crippen molar-refractivity contribution in [3.63, 3.8) is 0 Å². The van der Waals surface area contributed by atoms with Crippen molar-refractivity contribution in [2.24, 2.45) is 0 Å². The predicted molar refractivity (Wildman–Crippen MR) is 186 cm³/mol. The number of carbonyl (C=O) groups excluding carboxylic acids is 2. The lowest BCUT2D eigenvalue weighted by atomic mass is 9.96. The minimum absolute atomic E-state index is 0.00443. The van der Waals surface area contributed by atoms with E-state index in [9.17, 15) is 19.2 Å². The van der Waals surface area contributed by atoms with Crippen molar-refractivity contribution in [3.8, 4) is 0 Å². The summed E-state index contributed by atoms with van der Waals surface area (Å²) in [6.45, 7) is 3.29. The van der Waals surface area contributed by atoms with Gasteiger partial charge in [-0.25, -0.2) is 9.59 Å².